The molecule has 110 valence electrons. The predicted molar refractivity (Wildman–Crippen MR) is 73.9 cm³/mol. The standard InChI is InChI=1S/C11H14Cl2N4O3/c1-20-5-4-14-9(18)2-3-15-11(19)7-6-8(12)16-17-10(7)13/h6H,2-5H2,1H3,(H,14,18)(H,15,19). The number of rotatable bonds is 7. The summed E-state index contributed by atoms with van der Waals surface area (Å²) in [5, 5.41) is 12.2. The van der Waals surface area contributed by atoms with Gasteiger partial charge in [-0.05, 0) is 6.07 Å². The van der Waals surface area contributed by atoms with E-state index in [0.717, 1.165) is 0 Å². The highest BCUT2D eigenvalue weighted by Gasteiger charge is 2.13. The molecule has 0 atom stereocenters. The minimum Gasteiger partial charge on any atom is -0.383 e. The first kappa shape index (κ1) is 16.6. The third-order valence-corrected chi connectivity index (χ3v) is 2.69. The predicted octanol–water partition coefficient (Wildman–Crippen LogP) is 0.666. The van der Waals surface area contributed by atoms with Crippen LogP contribution in [0.15, 0.2) is 6.07 Å². The summed E-state index contributed by atoms with van der Waals surface area (Å²) in [5.41, 5.74) is 0.117. The Morgan fingerprint density at radius 2 is 2.00 bits per heavy atom. The summed E-state index contributed by atoms with van der Waals surface area (Å²) in [7, 11) is 1.55. The number of aromatic nitrogens is 2. The second-order valence-corrected chi connectivity index (χ2v) is 4.47. The van der Waals surface area contributed by atoms with Gasteiger partial charge in [-0.3, -0.25) is 9.59 Å². The van der Waals surface area contributed by atoms with Crippen molar-refractivity contribution in [2.45, 2.75) is 6.42 Å². The van der Waals surface area contributed by atoms with E-state index >= 15 is 0 Å². The Bertz CT molecular complexity index is 485. The van der Waals surface area contributed by atoms with E-state index in [9.17, 15) is 9.59 Å². The van der Waals surface area contributed by atoms with Gasteiger partial charge in [-0.2, -0.15) is 0 Å². The first-order valence-electron chi connectivity index (χ1n) is 5.77. The summed E-state index contributed by atoms with van der Waals surface area (Å²) >= 11 is 11.4. The molecular weight excluding hydrogens is 307 g/mol. The lowest BCUT2D eigenvalue weighted by molar-refractivity contribution is -0.121. The molecule has 0 bridgehead atoms. The summed E-state index contributed by atoms with van der Waals surface area (Å²) in [6.45, 7) is 1.04. The van der Waals surface area contributed by atoms with Crippen LogP contribution in [0.2, 0.25) is 10.3 Å². The number of methoxy groups -OCH3 is 1. The van der Waals surface area contributed by atoms with Crippen LogP contribution in [-0.2, 0) is 9.53 Å². The highest BCUT2D eigenvalue weighted by Crippen LogP contribution is 2.14. The molecular formula is C11H14Cl2N4O3. The van der Waals surface area contributed by atoms with Gasteiger partial charge in [0.1, 0.15) is 0 Å². The van der Waals surface area contributed by atoms with Gasteiger partial charge in [0.05, 0.1) is 12.2 Å². The second-order valence-electron chi connectivity index (χ2n) is 3.72. The SMILES string of the molecule is COCCNC(=O)CCNC(=O)c1cc(Cl)nnc1Cl. The molecule has 0 spiro atoms. The lowest BCUT2D eigenvalue weighted by atomic mass is 10.3. The first-order valence-corrected chi connectivity index (χ1v) is 6.52. The van der Waals surface area contributed by atoms with Crippen molar-refractivity contribution >= 4 is 35.0 Å². The zero-order valence-electron chi connectivity index (χ0n) is 10.8. The molecule has 0 saturated heterocycles. The van der Waals surface area contributed by atoms with Gasteiger partial charge in [0, 0.05) is 26.6 Å². The average molecular weight is 321 g/mol. The Morgan fingerprint density at radius 1 is 1.25 bits per heavy atom. The van der Waals surface area contributed by atoms with E-state index in [1.807, 2.05) is 0 Å². The van der Waals surface area contributed by atoms with Crippen molar-refractivity contribution < 1.29 is 14.3 Å². The maximum Gasteiger partial charge on any atom is 0.254 e. The van der Waals surface area contributed by atoms with Crippen LogP contribution in [0.4, 0.5) is 0 Å². The zero-order chi connectivity index (χ0) is 15.0. The van der Waals surface area contributed by atoms with E-state index in [4.69, 9.17) is 27.9 Å². The van der Waals surface area contributed by atoms with Gasteiger partial charge in [0.25, 0.3) is 5.91 Å². The van der Waals surface area contributed by atoms with E-state index in [1.165, 1.54) is 6.07 Å². The third kappa shape index (κ3) is 5.68. The highest BCUT2D eigenvalue weighted by molar-refractivity contribution is 6.34. The van der Waals surface area contributed by atoms with Crippen LogP contribution in [0, 0.1) is 0 Å². The molecule has 0 aromatic carbocycles. The van der Waals surface area contributed by atoms with Crippen molar-refractivity contribution in [3.63, 3.8) is 0 Å². The van der Waals surface area contributed by atoms with E-state index in [1.54, 1.807) is 7.11 Å². The number of amides is 2. The van der Waals surface area contributed by atoms with E-state index in [-0.39, 0.29) is 34.7 Å². The fraction of sp³-hybridized carbons (Fsp3) is 0.455. The minimum atomic E-state index is -0.462. The summed E-state index contributed by atoms with van der Waals surface area (Å²) < 4.78 is 4.79. The molecule has 20 heavy (non-hydrogen) atoms. The number of nitrogens with one attached hydrogen (secondary N) is 2. The molecule has 0 saturated carbocycles. The lowest BCUT2D eigenvalue weighted by Gasteiger charge is -2.07. The normalized spacial score (nSPS) is 10.2. The molecule has 7 nitrogen and oxygen atoms in total. The molecule has 2 amide bonds. The van der Waals surface area contributed by atoms with Crippen LogP contribution in [0.25, 0.3) is 0 Å². The molecule has 0 fully saturated rings. The third-order valence-electron chi connectivity index (χ3n) is 2.23. The van der Waals surface area contributed by atoms with Crippen molar-refractivity contribution in [3.05, 3.63) is 21.9 Å². The van der Waals surface area contributed by atoms with Crippen molar-refractivity contribution in [1.82, 2.24) is 20.8 Å². The van der Waals surface area contributed by atoms with Gasteiger partial charge in [0.15, 0.2) is 10.3 Å². The molecule has 0 radical (unpaired) electrons. The van der Waals surface area contributed by atoms with Crippen LogP contribution >= 0.6 is 23.2 Å². The molecule has 1 heterocycles. The van der Waals surface area contributed by atoms with E-state index in [0.29, 0.717) is 13.2 Å². The molecule has 9 heteroatoms. The van der Waals surface area contributed by atoms with Crippen molar-refractivity contribution in [2.24, 2.45) is 0 Å². The van der Waals surface area contributed by atoms with Crippen LogP contribution in [0.1, 0.15) is 16.8 Å². The largest absolute Gasteiger partial charge is 0.383 e. The maximum absolute atomic E-state index is 11.8. The Labute approximate surface area is 126 Å². The van der Waals surface area contributed by atoms with Crippen LogP contribution in [0.5, 0.6) is 0 Å². The number of hydrogen-bond acceptors (Lipinski definition) is 5. The number of halogens is 2. The van der Waals surface area contributed by atoms with Crippen LogP contribution in [0.3, 0.4) is 0 Å². The molecule has 1 aromatic heterocycles. The quantitative estimate of drug-likeness (QED) is 0.720. The zero-order valence-corrected chi connectivity index (χ0v) is 12.3. The summed E-state index contributed by atoms with van der Waals surface area (Å²) in [6.07, 6.45) is 0.152. The van der Waals surface area contributed by atoms with Gasteiger partial charge in [-0.25, -0.2) is 0 Å². The second kappa shape index (κ2) is 8.68. The van der Waals surface area contributed by atoms with Crippen LogP contribution in [-0.4, -0.2) is 48.8 Å². The van der Waals surface area contributed by atoms with Crippen molar-refractivity contribution in [3.8, 4) is 0 Å². The Morgan fingerprint density at radius 3 is 2.70 bits per heavy atom. The molecule has 1 rings (SSSR count). The monoisotopic (exact) mass is 320 g/mol. The lowest BCUT2D eigenvalue weighted by Crippen LogP contribution is -2.32. The Kier molecular flexibility index (Phi) is 7.21. The molecule has 0 aliphatic carbocycles. The molecule has 0 aliphatic heterocycles. The van der Waals surface area contributed by atoms with Gasteiger partial charge in [-0.15, -0.1) is 10.2 Å². The van der Waals surface area contributed by atoms with Gasteiger partial charge in [0.2, 0.25) is 5.91 Å². The van der Waals surface area contributed by atoms with Crippen LogP contribution < -0.4 is 10.6 Å². The maximum atomic E-state index is 11.8. The number of hydrogen-bond donors (Lipinski definition) is 2. The van der Waals surface area contributed by atoms with Crippen molar-refractivity contribution in [1.29, 1.82) is 0 Å². The fourth-order valence-corrected chi connectivity index (χ4v) is 1.60. The number of nitrogens with zero attached hydrogens (tertiary/aromatic N) is 2. The summed E-state index contributed by atoms with van der Waals surface area (Å²) in [6, 6.07) is 1.31. The fourth-order valence-electron chi connectivity index (χ4n) is 1.28. The molecule has 2 N–H and O–H groups in total. The first-order chi connectivity index (χ1) is 9.54. The topological polar surface area (TPSA) is 93.2 Å². The van der Waals surface area contributed by atoms with Crippen molar-refractivity contribution in [2.75, 3.05) is 26.8 Å². The smallest absolute Gasteiger partial charge is 0.254 e. The number of carbonyl (C=O) groups excluding carboxylic acids is 2. The minimum absolute atomic E-state index is 0.0450. The Balaban J connectivity index is 2.36. The molecule has 1 aromatic rings. The number of ether oxygens (including phenoxy) is 1. The summed E-state index contributed by atoms with van der Waals surface area (Å²) in [4.78, 5) is 23.2. The Hall–Kier alpha value is -1.44. The van der Waals surface area contributed by atoms with E-state index < -0.39 is 5.91 Å². The summed E-state index contributed by atoms with van der Waals surface area (Å²) in [5.74, 6) is -0.643. The van der Waals surface area contributed by atoms with E-state index in [2.05, 4.69) is 20.8 Å². The molecule has 0 aliphatic rings. The average Bonchev–Trinajstić information content (AvgIpc) is 2.41. The number of carbonyl (C=O) groups is 2. The van der Waals surface area contributed by atoms with Gasteiger partial charge in [-0.1, -0.05) is 23.2 Å². The van der Waals surface area contributed by atoms with Gasteiger partial charge >= 0.3 is 0 Å². The van der Waals surface area contributed by atoms with Gasteiger partial charge < -0.3 is 15.4 Å². The molecule has 0 unspecified atom stereocenters. The highest BCUT2D eigenvalue weighted by atomic mass is 35.5.